The van der Waals surface area contributed by atoms with Crippen LogP contribution in [0.1, 0.15) is 5.56 Å². The lowest BCUT2D eigenvalue weighted by atomic mass is 9.98. The quantitative estimate of drug-likeness (QED) is 0.677. The minimum absolute atomic E-state index is 0.154. The predicted octanol–water partition coefficient (Wildman–Crippen LogP) is 0.970. The average Bonchev–Trinajstić information content (AvgIpc) is 2.69. The van der Waals surface area contributed by atoms with Gasteiger partial charge >= 0.3 is 0 Å². The van der Waals surface area contributed by atoms with Crippen LogP contribution in [0.3, 0.4) is 0 Å². The minimum atomic E-state index is 0.154. The lowest BCUT2D eigenvalue weighted by molar-refractivity contribution is 0.261. The highest BCUT2D eigenvalue weighted by atomic mass is 16.6. The van der Waals surface area contributed by atoms with Crippen LogP contribution in [0.25, 0.3) is 0 Å². The van der Waals surface area contributed by atoms with Gasteiger partial charge in [-0.1, -0.05) is 30.3 Å². The van der Waals surface area contributed by atoms with Crippen molar-refractivity contribution in [2.24, 2.45) is 0 Å². The third-order valence-corrected chi connectivity index (χ3v) is 3.01. The second-order valence-corrected chi connectivity index (χ2v) is 3.96. The van der Waals surface area contributed by atoms with E-state index in [2.05, 4.69) is 35.6 Å². The molecule has 3 rings (SSSR count). The van der Waals surface area contributed by atoms with E-state index in [0.717, 1.165) is 19.5 Å². The summed E-state index contributed by atoms with van der Waals surface area (Å²) >= 11 is 0. The number of benzene rings is 1. The molecule has 0 spiro atoms. The van der Waals surface area contributed by atoms with Crippen molar-refractivity contribution < 1.29 is 4.74 Å². The Labute approximate surface area is 77.9 Å². The van der Waals surface area contributed by atoms with Crippen molar-refractivity contribution >= 4 is 0 Å². The van der Waals surface area contributed by atoms with Crippen molar-refractivity contribution in [2.45, 2.75) is 18.1 Å². The zero-order valence-electron chi connectivity index (χ0n) is 7.49. The fraction of sp³-hybridized carbons (Fsp3) is 0.455. The summed E-state index contributed by atoms with van der Waals surface area (Å²) in [6.07, 6.45) is 1.54. The molecule has 0 amide bonds. The van der Waals surface area contributed by atoms with Crippen molar-refractivity contribution in [1.82, 2.24) is 5.32 Å². The van der Waals surface area contributed by atoms with Crippen molar-refractivity contribution in [1.29, 1.82) is 0 Å². The Bertz CT molecular complexity index is 311. The summed E-state index contributed by atoms with van der Waals surface area (Å²) in [5.41, 5.74) is 1.54. The van der Waals surface area contributed by atoms with Crippen molar-refractivity contribution in [3.05, 3.63) is 35.9 Å². The molecule has 0 saturated carbocycles. The lowest BCUT2D eigenvalue weighted by Gasteiger charge is -2.07. The smallest absolute Gasteiger partial charge is 0.112 e. The van der Waals surface area contributed by atoms with Gasteiger partial charge in [-0.15, -0.1) is 0 Å². The maximum Gasteiger partial charge on any atom is 0.112 e. The summed E-state index contributed by atoms with van der Waals surface area (Å²) in [7, 11) is 0. The Kier molecular flexibility index (Phi) is 1.49. The van der Waals surface area contributed by atoms with Gasteiger partial charge in [-0.05, 0) is 5.56 Å². The van der Waals surface area contributed by atoms with E-state index in [9.17, 15) is 0 Å². The van der Waals surface area contributed by atoms with Gasteiger partial charge < -0.3 is 10.1 Å². The van der Waals surface area contributed by atoms with E-state index in [1.807, 2.05) is 0 Å². The van der Waals surface area contributed by atoms with E-state index >= 15 is 0 Å². The maximum atomic E-state index is 5.68. The van der Waals surface area contributed by atoms with E-state index in [0.29, 0.717) is 6.10 Å². The number of hydrogen-bond acceptors (Lipinski definition) is 2. The molecule has 2 aliphatic rings. The molecule has 68 valence electrons. The molecule has 2 heteroatoms. The summed E-state index contributed by atoms with van der Waals surface area (Å²) in [4.78, 5) is 0. The monoisotopic (exact) mass is 175 g/mol. The third-order valence-electron chi connectivity index (χ3n) is 3.01. The number of rotatable bonds is 2. The fourth-order valence-corrected chi connectivity index (χ4v) is 2.21. The largest absolute Gasteiger partial charge is 0.363 e. The molecule has 2 heterocycles. The van der Waals surface area contributed by atoms with Crippen LogP contribution >= 0.6 is 0 Å². The molecule has 2 saturated heterocycles. The molecule has 1 aromatic rings. The molecular weight excluding hydrogens is 162 g/mol. The first-order valence-corrected chi connectivity index (χ1v) is 4.82. The Balaban J connectivity index is 1.77. The summed E-state index contributed by atoms with van der Waals surface area (Å²) in [6.45, 7) is 2.05. The van der Waals surface area contributed by atoms with Crippen LogP contribution in [-0.4, -0.2) is 24.8 Å². The molecule has 2 aliphatic heterocycles. The van der Waals surface area contributed by atoms with Crippen molar-refractivity contribution in [3.63, 3.8) is 0 Å². The van der Waals surface area contributed by atoms with E-state index in [1.54, 1.807) is 0 Å². The molecule has 2 nitrogen and oxygen atoms in total. The zero-order valence-corrected chi connectivity index (χ0v) is 7.49. The molecule has 0 radical (unpaired) electrons. The molecule has 13 heavy (non-hydrogen) atoms. The second-order valence-electron chi connectivity index (χ2n) is 3.96. The van der Waals surface area contributed by atoms with E-state index < -0.39 is 0 Å². The van der Waals surface area contributed by atoms with Gasteiger partial charge in [-0.25, -0.2) is 0 Å². The summed E-state index contributed by atoms with van der Waals surface area (Å²) in [5.74, 6) is 0. The van der Waals surface area contributed by atoms with Crippen LogP contribution in [0.4, 0.5) is 0 Å². The van der Waals surface area contributed by atoms with E-state index in [-0.39, 0.29) is 5.60 Å². The minimum Gasteiger partial charge on any atom is -0.363 e. The van der Waals surface area contributed by atoms with Crippen LogP contribution in [0, 0.1) is 0 Å². The standard InChI is InChI=1S/C11H13NO/c1-2-4-9(5-3-1)6-11-8-12-7-10(11)13-11/h1-5,10,12H,6-8H2. The Morgan fingerprint density at radius 3 is 2.85 bits per heavy atom. The highest BCUT2D eigenvalue weighted by Gasteiger charge is 2.59. The first kappa shape index (κ1) is 7.54. The third kappa shape index (κ3) is 1.18. The molecule has 2 fully saturated rings. The lowest BCUT2D eigenvalue weighted by Crippen LogP contribution is -2.24. The molecule has 1 aromatic carbocycles. The zero-order chi connectivity index (χ0) is 8.73. The van der Waals surface area contributed by atoms with Crippen LogP contribution in [0.15, 0.2) is 30.3 Å². The predicted molar refractivity (Wildman–Crippen MR) is 50.6 cm³/mol. The average molecular weight is 175 g/mol. The van der Waals surface area contributed by atoms with Gasteiger partial charge in [0.2, 0.25) is 0 Å². The van der Waals surface area contributed by atoms with Gasteiger partial charge in [0, 0.05) is 19.5 Å². The number of fused-ring (bicyclic) bond motifs is 1. The summed E-state index contributed by atoms with van der Waals surface area (Å²) in [5, 5.41) is 3.36. The molecular formula is C11H13NO. The van der Waals surface area contributed by atoms with Gasteiger partial charge in [0.25, 0.3) is 0 Å². The summed E-state index contributed by atoms with van der Waals surface area (Å²) in [6, 6.07) is 10.6. The van der Waals surface area contributed by atoms with Crippen LogP contribution in [0.2, 0.25) is 0 Å². The fourth-order valence-electron chi connectivity index (χ4n) is 2.21. The number of nitrogens with one attached hydrogen (secondary N) is 1. The maximum absolute atomic E-state index is 5.68. The SMILES string of the molecule is c1ccc(CC23CNCC2O3)cc1. The first-order chi connectivity index (χ1) is 6.39. The van der Waals surface area contributed by atoms with Crippen LogP contribution in [0.5, 0.6) is 0 Å². The van der Waals surface area contributed by atoms with Gasteiger partial charge in [0.05, 0.1) is 0 Å². The molecule has 2 atom stereocenters. The van der Waals surface area contributed by atoms with Crippen LogP contribution < -0.4 is 5.32 Å². The van der Waals surface area contributed by atoms with Gasteiger partial charge in [0.1, 0.15) is 11.7 Å². The number of epoxide rings is 1. The molecule has 1 N–H and O–H groups in total. The highest BCUT2D eigenvalue weighted by Crippen LogP contribution is 2.41. The number of hydrogen-bond donors (Lipinski definition) is 1. The highest BCUT2D eigenvalue weighted by molar-refractivity contribution is 5.23. The van der Waals surface area contributed by atoms with E-state index in [4.69, 9.17) is 4.74 Å². The molecule has 2 unspecified atom stereocenters. The van der Waals surface area contributed by atoms with Crippen molar-refractivity contribution in [2.75, 3.05) is 13.1 Å². The second kappa shape index (κ2) is 2.56. The summed E-state index contributed by atoms with van der Waals surface area (Å²) < 4.78 is 5.68. The van der Waals surface area contributed by atoms with Gasteiger partial charge in [-0.3, -0.25) is 0 Å². The van der Waals surface area contributed by atoms with Gasteiger partial charge in [-0.2, -0.15) is 0 Å². The van der Waals surface area contributed by atoms with Gasteiger partial charge in [0.15, 0.2) is 0 Å². The molecule has 0 aromatic heterocycles. The molecule has 0 bridgehead atoms. The molecule has 0 aliphatic carbocycles. The topological polar surface area (TPSA) is 24.6 Å². The van der Waals surface area contributed by atoms with E-state index in [1.165, 1.54) is 5.56 Å². The Morgan fingerprint density at radius 2 is 2.23 bits per heavy atom. The normalized spacial score (nSPS) is 35.8. The Morgan fingerprint density at radius 1 is 1.38 bits per heavy atom. The number of morpholine rings is 1. The number of ether oxygens (including phenoxy) is 1. The van der Waals surface area contributed by atoms with Crippen LogP contribution in [-0.2, 0) is 11.2 Å². The first-order valence-electron chi connectivity index (χ1n) is 4.82. The Hall–Kier alpha value is -0.860. The van der Waals surface area contributed by atoms with Crippen molar-refractivity contribution in [3.8, 4) is 0 Å².